The highest BCUT2D eigenvalue weighted by Gasteiger charge is 2.25. The first-order valence-corrected chi connectivity index (χ1v) is 12.0. The van der Waals surface area contributed by atoms with Gasteiger partial charge in [0.1, 0.15) is 0 Å². The normalized spacial score (nSPS) is 15.0. The number of nitrogens with zero attached hydrogens (tertiary/aromatic N) is 2. The summed E-state index contributed by atoms with van der Waals surface area (Å²) < 4.78 is 18.7. The van der Waals surface area contributed by atoms with Gasteiger partial charge in [0.25, 0.3) is 5.91 Å². The van der Waals surface area contributed by atoms with Gasteiger partial charge >= 0.3 is 0 Å². The van der Waals surface area contributed by atoms with Crippen molar-refractivity contribution in [1.29, 1.82) is 0 Å². The number of methoxy groups -OCH3 is 2. The molecular formula is C28H35N3O4. The van der Waals surface area contributed by atoms with E-state index in [0.717, 1.165) is 35.7 Å². The zero-order valence-electron chi connectivity index (χ0n) is 21.3. The van der Waals surface area contributed by atoms with Gasteiger partial charge in [-0.2, -0.15) is 0 Å². The first kappa shape index (κ1) is 24.8. The number of carbonyl (C=O) groups is 1. The summed E-state index contributed by atoms with van der Waals surface area (Å²) in [6.45, 7) is 9.56. The van der Waals surface area contributed by atoms with Crippen molar-refractivity contribution in [3.05, 3.63) is 76.6 Å². The molecular weight excluding hydrogens is 442 g/mol. The molecule has 7 heteroatoms. The van der Waals surface area contributed by atoms with E-state index in [1.807, 2.05) is 50.2 Å². The molecule has 2 aromatic carbocycles. The number of aromatic nitrogens is 1. The number of para-hydroxylation sites is 1. The Labute approximate surface area is 207 Å². The standard InChI is InChI=1S/C28H35N3O4/c1-19-8-6-7-9-24(19)31-20(2)16-23(21(31)3)28(32)29-18-25(30-12-14-35-15-13-30)22-10-11-26(33-4)27(17-22)34-5/h6-11,16-17,25H,12-15,18H2,1-5H3,(H,29,32). The van der Waals surface area contributed by atoms with E-state index in [-0.39, 0.29) is 11.9 Å². The van der Waals surface area contributed by atoms with Crippen LogP contribution in [-0.4, -0.2) is 62.4 Å². The lowest BCUT2D eigenvalue weighted by Gasteiger charge is -2.35. The molecule has 4 rings (SSSR count). The number of benzene rings is 2. The van der Waals surface area contributed by atoms with Crippen LogP contribution in [0.2, 0.25) is 0 Å². The predicted molar refractivity (Wildman–Crippen MR) is 137 cm³/mol. The highest BCUT2D eigenvalue weighted by molar-refractivity contribution is 5.96. The Hall–Kier alpha value is -3.29. The van der Waals surface area contributed by atoms with Gasteiger partial charge in [-0.3, -0.25) is 9.69 Å². The zero-order chi connectivity index (χ0) is 24.9. The summed E-state index contributed by atoms with van der Waals surface area (Å²) in [5.74, 6) is 1.29. The topological polar surface area (TPSA) is 65.0 Å². The highest BCUT2D eigenvalue weighted by Crippen LogP contribution is 2.32. The van der Waals surface area contributed by atoms with Crippen LogP contribution in [0.5, 0.6) is 11.5 Å². The van der Waals surface area contributed by atoms with Gasteiger partial charge in [-0.05, 0) is 56.2 Å². The number of hydrogen-bond acceptors (Lipinski definition) is 5. The van der Waals surface area contributed by atoms with E-state index in [4.69, 9.17) is 14.2 Å². The number of ether oxygens (including phenoxy) is 3. The minimum Gasteiger partial charge on any atom is -0.493 e. The van der Waals surface area contributed by atoms with E-state index in [9.17, 15) is 4.79 Å². The average Bonchev–Trinajstić information content (AvgIpc) is 3.18. The molecule has 186 valence electrons. The van der Waals surface area contributed by atoms with E-state index in [2.05, 4.69) is 33.8 Å². The third kappa shape index (κ3) is 5.21. The summed E-state index contributed by atoms with van der Waals surface area (Å²) in [7, 11) is 3.27. The number of rotatable bonds is 8. The molecule has 1 aliphatic rings. The minimum absolute atomic E-state index is 0.0116. The molecule has 1 N–H and O–H groups in total. The van der Waals surface area contributed by atoms with E-state index >= 15 is 0 Å². The van der Waals surface area contributed by atoms with Crippen molar-refractivity contribution in [2.45, 2.75) is 26.8 Å². The van der Waals surface area contributed by atoms with Crippen molar-refractivity contribution in [2.24, 2.45) is 0 Å². The van der Waals surface area contributed by atoms with Crippen LogP contribution in [0, 0.1) is 20.8 Å². The SMILES string of the molecule is COc1ccc(C(CNC(=O)c2cc(C)n(-c3ccccc3C)c2C)N2CCOCC2)cc1OC. The first-order chi connectivity index (χ1) is 16.9. The van der Waals surface area contributed by atoms with Crippen molar-refractivity contribution in [3.63, 3.8) is 0 Å². The smallest absolute Gasteiger partial charge is 0.253 e. The van der Waals surface area contributed by atoms with Crippen molar-refractivity contribution in [2.75, 3.05) is 47.1 Å². The molecule has 0 saturated carbocycles. The van der Waals surface area contributed by atoms with Crippen LogP contribution in [0.15, 0.2) is 48.5 Å². The Balaban J connectivity index is 1.58. The van der Waals surface area contributed by atoms with E-state index in [1.165, 1.54) is 5.56 Å². The summed E-state index contributed by atoms with van der Waals surface area (Å²) in [6, 6.07) is 16.1. The van der Waals surface area contributed by atoms with Crippen molar-refractivity contribution >= 4 is 5.91 Å². The summed E-state index contributed by atoms with van der Waals surface area (Å²) in [4.78, 5) is 15.7. The number of nitrogens with one attached hydrogen (secondary N) is 1. The van der Waals surface area contributed by atoms with Crippen LogP contribution in [0.3, 0.4) is 0 Å². The highest BCUT2D eigenvalue weighted by atomic mass is 16.5. The lowest BCUT2D eigenvalue weighted by molar-refractivity contribution is 0.0162. The molecule has 7 nitrogen and oxygen atoms in total. The molecule has 1 fully saturated rings. The molecule has 3 aromatic rings. The molecule has 1 aromatic heterocycles. The molecule has 0 aliphatic carbocycles. The molecule has 35 heavy (non-hydrogen) atoms. The van der Waals surface area contributed by atoms with Gasteiger partial charge in [0.05, 0.1) is 39.0 Å². The lowest BCUT2D eigenvalue weighted by atomic mass is 10.0. The van der Waals surface area contributed by atoms with Crippen LogP contribution < -0.4 is 14.8 Å². The first-order valence-electron chi connectivity index (χ1n) is 12.0. The van der Waals surface area contributed by atoms with Crippen LogP contribution in [0.1, 0.15) is 38.9 Å². The maximum absolute atomic E-state index is 13.4. The van der Waals surface area contributed by atoms with Gasteiger partial charge in [0, 0.05) is 36.7 Å². The Kier molecular flexibility index (Phi) is 7.78. The maximum atomic E-state index is 13.4. The van der Waals surface area contributed by atoms with Crippen LogP contribution in [0.4, 0.5) is 0 Å². The zero-order valence-corrected chi connectivity index (χ0v) is 21.3. The van der Waals surface area contributed by atoms with Gasteiger partial charge in [-0.25, -0.2) is 0 Å². The second-order valence-electron chi connectivity index (χ2n) is 8.90. The Morgan fingerprint density at radius 2 is 1.71 bits per heavy atom. The summed E-state index contributed by atoms with van der Waals surface area (Å²) in [6.07, 6.45) is 0. The van der Waals surface area contributed by atoms with Gasteiger partial charge in [-0.15, -0.1) is 0 Å². The molecule has 0 bridgehead atoms. The quantitative estimate of drug-likeness (QED) is 0.526. The summed E-state index contributed by atoms with van der Waals surface area (Å²) >= 11 is 0. The lowest BCUT2D eigenvalue weighted by Crippen LogP contribution is -2.43. The van der Waals surface area contributed by atoms with E-state index < -0.39 is 0 Å². The molecule has 0 radical (unpaired) electrons. The van der Waals surface area contributed by atoms with Gasteiger partial charge in [0.15, 0.2) is 11.5 Å². The van der Waals surface area contributed by atoms with Crippen molar-refractivity contribution in [3.8, 4) is 17.2 Å². The third-order valence-corrected chi connectivity index (χ3v) is 6.77. The molecule has 1 saturated heterocycles. The van der Waals surface area contributed by atoms with Gasteiger partial charge < -0.3 is 24.1 Å². The molecule has 1 aliphatic heterocycles. The fraction of sp³-hybridized carbons (Fsp3) is 0.393. The number of hydrogen-bond donors (Lipinski definition) is 1. The van der Waals surface area contributed by atoms with Gasteiger partial charge in [0.2, 0.25) is 0 Å². The number of morpholine rings is 1. The molecule has 1 amide bonds. The fourth-order valence-corrected chi connectivity index (χ4v) is 4.87. The molecule has 2 heterocycles. The Morgan fingerprint density at radius 1 is 1.00 bits per heavy atom. The molecule has 1 unspecified atom stereocenters. The minimum atomic E-state index is -0.0725. The third-order valence-electron chi connectivity index (χ3n) is 6.77. The molecule has 1 atom stereocenters. The van der Waals surface area contributed by atoms with Crippen LogP contribution in [-0.2, 0) is 4.74 Å². The summed E-state index contributed by atoms with van der Waals surface area (Å²) in [5, 5.41) is 3.20. The fourth-order valence-electron chi connectivity index (χ4n) is 4.87. The van der Waals surface area contributed by atoms with E-state index in [1.54, 1.807) is 14.2 Å². The van der Waals surface area contributed by atoms with E-state index in [0.29, 0.717) is 36.8 Å². The molecule has 0 spiro atoms. The largest absolute Gasteiger partial charge is 0.493 e. The second kappa shape index (κ2) is 11.0. The maximum Gasteiger partial charge on any atom is 0.253 e. The van der Waals surface area contributed by atoms with Gasteiger partial charge in [-0.1, -0.05) is 24.3 Å². The number of amides is 1. The summed E-state index contributed by atoms with van der Waals surface area (Å²) in [5.41, 5.74) is 5.99. The van der Waals surface area contributed by atoms with Crippen molar-refractivity contribution in [1.82, 2.24) is 14.8 Å². The van der Waals surface area contributed by atoms with Crippen molar-refractivity contribution < 1.29 is 19.0 Å². The average molecular weight is 478 g/mol. The monoisotopic (exact) mass is 477 g/mol. The van der Waals surface area contributed by atoms with Crippen LogP contribution in [0.25, 0.3) is 5.69 Å². The number of aryl methyl sites for hydroxylation is 2. The van der Waals surface area contributed by atoms with Crippen LogP contribution >= 0.6 is 0 Å². The number of carbonyl (C=O) groups excluding carboxylic acids is 1. The second-order valence-corrected chi connectivity index (χ2v) is 8.90. The Bertz CT molecular complexity index is 1180. The Morgan fingerprint density at radius 3 is 2.40 bits per heavy atom. The predicted octanol–water partition coefficient (Wildman–Crippen LogP) is 4.22.